The largest absolute Gasteiger partial charge is 0.369 e. The van der Waals surface area contributed by atoms with Crippen LogP contribution in [0.3, 0.4) is 0 Å². The molecule has 1 unspecified atom stereocenters. The van der Waals surface area contributed by atoms with Gasteiger partial charge in [-0.2, -0.15) is 0 Å². The molecule has 3 heteroatoms. The Bertz CT molecular complexity index is 1180. The van der Waals surface area contributed by atoms with E-state index in [4.69, 9.17) is 0 Å². The number of hydrogen-bond donors (Lipinski definition) is 0. The Balaban J connectivity index is 1.09. The first-order valence-electron chi connectivity index (χ1n) is 16.0. The summed E-state index contributed by atoms with van der Waals surface area (Å²) < 4.78 is 0. The zero-order valence-corrected chi connectivity index (χ0v) is 24.1. The second kappa shape index (κ2) is 13.2. The van der Waals surface area contributed by atoms with Crippen molar-refractivity contribution >= 4 is 11.5 Å². The minimum atomic E-state index is 0.244. The van der Waals surface area contributed by atoms with Gasteiger partial charge >= 0.3 is 0 Å². The Kier molecular flexibility index (Phi) is 8.98. The molecular formula is C37H46N2O. The number of fused-ring (bicyclic) bond motifs is 1. The van der Waals surface area contributed by atoms with Gasteiger partial charge in [0.05, 0.1) is 0 Å². The lowest BCUT2D eigenvalue weighted by molar-refractivity contribution is 0.0854. The highest BCUT2D eigenvalue weighted by Crippen LogP contribution is 2.37. The van der Waals surface area contributed by atoms with Crippen LogP contribution in [0.25, 0.3) is 0 Å². The van der Waals surface area contributed by atoms with Gasteiger partial charge in [-0.15, -0.1) is 0 Å². The predicted molar refractivity (Wildman–Crippen MR) is 166 cm³/mol. The van der Waals surface area contributed by atoms with Gasteiger partial charge in [0, 0.05) is 49.3 Å². The van der Waals surface area contributed by atoms with Crippen LogP contribution in [0.4, 0.5) is 5.69 Å². The van der Waals surface area contributed by atoms with Gasteiger partial charge in [-0.1, -0.05) is 92.4 Å². The molecule has 3 aromatic carbocycles. The highest BCUT2D eigenvalue weighted by molar-refractivity contribution is 6.00. The summed E-state index contributed by atoms with van der Waals surface area (Å²) in [5.41, 5.74) is 6.39. The number of nitrogens with zero attached hydrogens (tertiary/aromatic N) is 2. The highest BCUT2D eigenvalue weighted by Gasteiger charge is 2.33. The van der Waals surface area contributed by atoms with Crippen molar-refractivity contribution in [3.8, 4) is 0 Å². The van der Waals surface area contributed by atoms with Gasteiger partial charge in [0.25, 0.3) is 0 Å². The summed E-state index contributed by atoms with van der Waals surface area (Å²) in [6.45, 7) is 5.31. The van der Waals surface area contributed by atoms with Crippen molar-refractivity contribution in [1.29, 1.82) is 0 Å². The monoisotopic (exact) mass is 534 g/mol. The second-order valence-corrected chi connectivity index (χ2v) is 12.4. The van der Waals surface area contributed by atoms with E-state index < -0.39 is 0 Å². The fraction of sp³-hybridized carbons (Fsp3) is 0.486. The molecule has 1 heterocycles. The van der Waals surface area contributed by atoms with Crippen molar-refractivity contribution in [3.63, 3.8) is 0 Å². The van der Waals surface area contributed by atoms with Crippen LogP contribution in [0.2, 0.25) is 0 Å². The molecule has 1 aliphatic heterocycles. The van der Waals surface area contributed by atoms with Crippen LogP contribution >= 0.6 is 0 Å². The average molecular weight is 535 g/mol. The first-order valence-corrected chi connectivity index (χ1v) is 16.0. The molecule has 0 N–H and O–H groups in total. The fourth-order valence-electron chi connectivity index (χ4n) is 7.65. The predicted octanol–water partition coefficient (Wildman–Crippen LogP) is 8.14. The molecule has 0 radical (unpaired) electrons. The van der Waals surface area contributed by atoms with Gasteiger partial charge in [0.2, 0.25) is 0 Å². The number of ketones is 1. The molecule has 3 nitrogen and oxygen atoms in total. The van der Waals surface area contributed by atoms with Crippen LogP contribution in [0.5, 0.6) is 0 Å². The Morgan fingerprint density at radius 1 is 0.700 bits per heavy atom. The van der Waals surface area contributed by atoms with Crippen LogP contribution in [0.1, 0.15) is 90.8 Å². The van der Waals surface area contributed by atoms with Crippen molar-refractivity contribution in [2.24, 2.45) is 11.8 Å². The zero-order valence-electron chi connectivity index (χ0n) is 24.1. The van der Waals surface area contributed by atoms with Gasteiger partial charge in [0.1, 0.15) is 0 Å². The molecule has 0 amide bonds. The number of carbonyl (C=O) groups is 1. The van der Waals surface area contributed by atoms with Gasteiger partial charge < -0.3 is 4.90 Å². The van der Waals surface area contributed by atoms with E-state index >= 15 is 0 Å². The van der Waals surface area contributed by atoms with E-state index in [9.17, 15) is 4.79 Å². The minimum absolute atomic E-state index is 0.244. The lowest BCUT2D eigenvalue weighted by Gasteiger charge is -2.37. The summed E-state index contributed by atoms with van der Waals surface area (Å²) >= 11 is 0. The molecule has 0 spiro atoms. The lowest BCUT2D eigenvalue weighted by atomic mass is 9.79. The summed E-state index contributed by atoms with van der Waals surface area (Å²) in [4.78, 5) is 19.0. The van der Waals surface area contributed by atoms with E-state index in [1.54, 1.807) is 0 Å². The maximum absolute atomic E-state index is 13.9. The molecule has 210 valence electrons. The molecule has 2 aliphatic carbocycles. The molecule has 2 fully saturated rings. The SMILES string of the molecule is O=C1c2cc(N3CCN(CCC(c4ccccc4)c4ccccc4)CC3)ccc2CCCC1C1CCCCCC1. The van der Waals surface area contributed by atoms with E-state index in [1.807, 2.05) is 0 Å². The zero-order chi connectivity index (χ0) is 27.1. The number of hydrogen-bond acceptors (Lipinski definition) is 3. The third kappa shape index (κ3) is 6.36. The van der Waals surface area contributed by atoms with Crippen LogP contribution in [0, 0.1) is 11.8 Å². The molecule has 40 heavy (non-hydrogen) atoms. The summed E-state index contributed by atoms with van der Waals surface area (Å²) in [6, 6.07) is 28.8. The third-order valence-electron chi connectivity index (χ3n) is 10.0. The second-order valence-electron chi connectivity index (χ2n) is 12.4. The molecule has 1 atom stereocenters. The van der Waals surface area contributed by atoms with E-state index in [0.29, 0.717) is 17.6 Å². The first kappa shape index (κ1) is 27.3. The number of benzene rings is 3. The van der Waals surface area contributed by atoms with Crippen LogP contribution in [0.15, 0.2) is 78.9 Å². The Labute approximate surface area is 241 Å². The first-order chi connectivity index (χ1) is 19.8. The van der Waals surface area contributed by atoms with Crippen molar-refractivity contribution in [2.45, 2.75) is 70.1 Å². The standard InChI is InChI=1S/C37H46N2O/c40-37-35(31-16-5-1-2-6-17-31)19-11-18-32-20-21-33(28-36(32)37)39-26-24-38(25-27-39)23-22-34(29-12-7-3-8-13-29)30-14-9-4-10-15-30/h3-4,7-10,12-15,20-21,28,31,34-35H,1-2,5-6,11,16-19,22-27H2. The maximum Gasteiger partial charge on any atom is 0.166 e. The fourth-order valence-corrected chi connectivity index (χ4v) is 7.65. The maximum atomic E-state index is 13.9. The van der Waals surface area contributed by atoms with Gasteiger partial charge in [-0.3, -0.25) is 9.69 Å². The van der Waals surface area contributed by atoms with E-state index in [1.165, 1.54) is 60.9 Å². The number of aryl methyl sites for hydroxylation is 1. The topological polar surface area (TPSA) is 23.6 Å². The molecule has 1 saturated carbocycles. The van der Waals surface area contributed by atoms with Gasteiger partial charge in [-0.05, 0) is 79.8 Å². The van der Waals surface area contributed by atoms with Crippen LogP contribution in [-0.2, 0) is 6.42 Å². The Morgan fingerprint density at radius 2 is 1.35 bits per heavy atom. The summed E-state index contributed by atoms with van der Waals surface area (Å²) in [6.07, 6.45) is 12.3. The van der Waals surface area contributed by atoms with E-state index in [2.05, 4.69) is 88.7 Å². The molecule has 6 rings (SSSR count). The quantitative estimate of drug-likeness (QED) is 0.226. The minimum Gasteiger partial charge on any atom is -0.369 e. The van der Waals surface area contributed by atoms with E-state index in [0.717, 1.165) is 64.0 Å². The third-order valence-corrected chi connectivity index (χ3v) is 10.0. The van der Waals surface area contributed by atoms with Crippen molar-refractivity contribution in [3.05, 3.63) is 101 Å². The number of Topliss-reactive ketones (excluding diaryl/α,β-unsaturated/α-hetero) is 1. The lowest BCUT2D eigenvalue weighted by Crippen LogP contribution is -2.46. The highest BCUT2D eigenvalue weighted by atomic mass is 16.1. The van der Waals surface area contributed by atoms with Crippen molar-refractivity contribution in [2.75, 3.05) is 37.6 Å². The number of anilines is 1. The summed E-state index contributed by atoms with van der Waals surface area (Å²) in [7, 11) is 0. The van der Waals surface area contributed by atoms with Gasteiger partial charge in [0.15, 0.2) is 5.78 Å². The number of piperazine rings is 1. The molecule has 3 aliphatic rings. The van der Waals surface area contributed by atoms with Crippen LogP contribution in [-0.4, -0.2) is 43.4 Å². The number of carbonyl (C=O) groups excluding carboxylic acids is 1. The summed E-state index contributed by atoms with van der Waals surface area (Å²) in [5, 5.41) is 0. The van der Waals surface area contributed by atoms with Crippen molar-refractivity contribution < 1.29 is 4.79 Å². The molecule has 3 aromatic rings. The average Bonchev–Trinajstić information content (AvgIpc) is 3.38. The normalized spacial score (nSPS) is 21.2. The van der Waals surface area contributed by atoms with Crippen molar-refractivity contribution in [1.82, 2.24) is 4.90 Å². The van der Waals surface area contributed by atoms with Gasteiger partial charge in [-0.25, -0.2) is 0 Å². The Morgan fingerprint density at radius 3 is 2.00 bits per heavy atom. The Hall–Kier alpha value is -2.91. The molecular weight excluding hydrogens is 488 g/mol. The number of rotatable bonds is 7. The molecule has 0 bridgehead atoms. The van der Waals surface area contributed by atoms with Crippen LogP contribution < -0.4 is 4.90 Å². The molecule has 1 saturated heterocycles. The smallest absolute Gasteiger partial charge is 0.166 e. The summed E-state index contributed by atoms with van der Waals surface area (Å²) in [5.74, 6) is 1.72. The molecule has 0 aromatic heterocycles. The van der Waals surface area contributed by atoms with E-state index in [-0.39, 0.29) is 5.92 Å².